The standard InChI is InChI=1S/C15H22N2O3/c1-4-5-16-12-8-13(9-12)20-15-7-10(2)14(17(18)19)6-11(15)3/h6-7,12-13,16H,4-5,8-9H2,1-3H3. The van der Waals surface area contributed by atoms with Crippen LogP contribution in [-0.4, -0.2) is 23.6 Å². The second-order valence-electron chi connectivity index (χ2n) is 5.52. The number of ether oxygens (including phenoxy) is 1. The molecule has 110 valence electrons. The van der Waals surface area contributed by atoms with Crippen LogP contribution >= 0.6 is 0 Å². The molecule has 1 saturated carbocycles. The molecular weight excluding hydrogens is 256 g/mol. The lowest BCUT2D eigenvalue weighted by Crippen LogP contribution is -2.47. The number of nitro groups is 1. The van der Waals surface area contributed by atoms with Crippen molar-refractivity contribution in [2.24, 2.45) is 0 Å². The maximum atomic E-state index is 10.9. The van der Waals surface area contributed by atoms with Crippen LogP contribution in [0.1, 0.15) is 37.3 Å². The van der Waals surface area contributed by atoms with Gasteiger partial charge in [0.25, 0.3) is 5.69 Å². The van der Waals surface area contributed by atoms with Gasteiger partial charge in [0.1, 0.15) is 11.9 Å². The lowest BCUT2D eigenvalue weighted by Gasteiger charge is -2.36. The van der Waals surface area contributed by atoms with Crippen LogP contribution in [-0.2, 0) is 0 Å². The van der Waals surface area contributed by atoms with Crippen molar-refractivity contribution in [3.05, 3.63) is 33.4 Å². The zero-order valence-electron chi connectivity index (χ0n) is 12.3. The highest BCUT2D eigenvalue weighted by Gasteiger charge is 2.30. The van der Waals surface area contributed by atoms with Crippen LogP contribution in [0.5, 0.6) is 5.75 Å². The minimum atomic E-state index is -0.347. The Morgan fingerprint density at radius 1 is 1.35 bits per heavy atom. The fourth-order valence-corrected chi connectivity index (χ4v) is 2.45. The smallest absolute Gasteiger partial charge is 0.272 e. The average Bonchev–Trinajstić information content (AvgIpc) is 2.35. The van der Waals surface area contributed by atoms with Gasteiger partial charge in [0.05, 0.1) is 4.92 Å². The Bertz CT molecular complexity index is 496. The van der Waals surface area contributed by atoms with Crippen LogP contribution in [0.4, 0.5) is 5.69 Å². The second-order valence-corrected chi connectivity index (χ2v) is 5.52. The van der Waals surface area contributed by atoms with Crippen LogP contribution < -0.4 is 10.1 Å². The molecule has 0 aliphatic heterocycles. The van der Waals surface area contributed by atoms with Crippen LogP contribution in [0.25, 0.3) is 0 Å². The normalized spacial score (nSPS) is 21.4. The van der Waals surface area contributed by atoms with E-state index in [1.807, 2.05) is 6.92 Å². The Hall–Kier alpha value is -1.62. The summed E-state index contributed by atoms with van der Waals surface area (Å²) >= 11 is 0. The Labute approximate surface area is 119 Å². The molecule has 1 N–H and O–H groups in total. The summed E-state index contributed by atoms with van der Waals surface area (Å²) in [6.07, 6.45) is 3.39. The topological polar surface area (TPSA) is 64.4 Å². The lowest BCUT2D eigenvalue weighted by molar-refractivity contribution is -0.385. The SMILES string of the molecule is CCCNC1CC(Oc2cc(C)c([N+](=O)[O-])cc2C)C1. The van der Waals surface area contributed by atoms with Crippen molar-refractivity contribution in [1.29, 1.82) is 0 Å². The van der Waals surface area contributed by atoms with Crippen molar-refractivity contribution in [3.63, 3.8) is 0 Å². The summed E-state index contributed by atoms with van der Waals surface area (Å²) in [5.41, 5.74) is 1.63. The molecular formula is C15H22N2O3. The number of rotatable bonds is 6. The second kappa shape index (κ2) is 6.22. The van der Waals surface area contributed by atoms with Crippen LogP contribution in [0, 0.1) is 24.0 Å². The van der Waals surface area contributed by atoms with Gasteiger partial charge in [-0.3, -0.25) is 10.1 Å². The molecule has 1 aromatic rings. The van der Waals surface area contributed by atoms with Gasteiger partial charge in [0.15, 0.2) is 0 Å². The van der Waals surface area contributed by atoms with E-state index in [-0.39, 0.29) is 16.7 Å². The Kier molecular flexibility index (Phi) is 4.60. The third kappa shape index (κ3) is 3.28. The number of hydrogen-bond donors (Lipinski definition) is 1. The van der Waals surface area contributed by atoms with Crippen LogP contribution in [0.2, 0.25) is 0 Å². The molecule has 0 atom stereocenters. The van der Waals surface area contributed by atoms with Crippen molar-refractivity contribution >= 4 is 5.69 Å². The van der Waals surface area contributed by atoms with Gasteiger partial charge in [0, 0.05) is 17.7 Å². The van der Waals surface area contributed by atoms with Crippen molar-refractivity contribution < 1.29 is 9.66 Å². The van der Waals surface area contributed by atoms with Crippen molar-refractivity contribution in [1.82, 2.24) is 5.32 Å². The summed E-state index contributed by atoms with van der Waals surface area (Å²) in [6, 6.07) is 3.93. The Balaban J connectivity index is 1.95. The molecule has 1 aliphatic rings. The van der Waals surface area contributed by atoms with E-state index in [1.54, 1.807) is 19.1 Å². The first-order chi connectivity index (χ1) is 9.51. The van der Waals surface area contributed by atoms with Gasteiger partial charge >= 0.3 is 0 Å². The largest absolute Gasteiger partial charge is 0.490 e. The molecule has 0 amide bonds. The predicted molar refractivity (Wildman–Crippen MR) is 78.3 cm³/mol. The minimum Gasteiger partial charge on any atom is -0.490 e. The van der Waals surface area contributed by atoms with Gasteiger partial charge in [-0.15, -0.1) is 0 Å². The third-order valence-electron chi connectivity index (χ3n) is 3.76. The highest BCUT2D eigenvalue weighted by atomic mass is 16.6. The van der Waals surface area contributed by atoms with Gasteiger partial charge in [0.2, 0.25) is 0 Å². The van der Waals surface area contributed by atoms with E-state index in [1.165, 1.54) is 0 Å². The molecule has 0 aromatic heterocycles. The molecule has 2 rings (SSSR count). The lowest BCUT2D eigenvalue weighted by atomic mass is 9.89. The molecule has 1 aromatic carbocycles. The number of hydrogen-bond acceptors (Lipinski definition) is 4. The van der Waals surface area contributed by atoms with E-state index in [0.717, 1.165) is 37.1 Å². The summed E-state index contributed by atoms with van der Waals surface area (Å²) in [7, 11) is 0. The van der Waals surface area contributed by atoms with Crippen molar-refractivity contribution in [3.8, 4) is 5.75 Å². The highest BCUT2D eigenvalue weighted by Crippen LogP contribution is 2.32. The average molecular weight is 278 g/mol. The molecule has 0 radical (unpaired) electrons. The maximum absolute atomic E-state index is 10.9. The predicted octanol–water partition coefficient (Wildman–Crippen LogP) is 3.12. The van der Waals surface area contributed by atoms with E-state index < -0.39 is 0 Å². The zero-order chi connectivity index (χ0) is 14.7. The monoisotopic (exact) mass is 278 g/mol. The maximum Gasteiger partial charge on any atom is 0.272 e. The van der Waals surface area contributed by atoms with E-state index in [0.29, 0.717) is 11.6 Å². The van der Waals surface area contributed by atoms with Gasteiger partial charge in [-0.2, -0.15) is 0 Å². The van der Waals surface area contributed by atoms with Gasteiger partial charge in [-0.25, -0.2) is 0 Å². The number of nitro benzene ring substituents is 1. The Morgan fingerprint density at radius 2 is 2.05 bits per heavy atom. The van der Waals surface area contributed by atoms with Gasteiger partial charge in [-0.05, 0) is 51.3 Å². The molecule has 0 saturated heterocycles. The fourth-order valence-electron chi connectivity index (χ4n) is 2.45. The van der Waals surface area contributed by atoms with Crippen LogP contribution in [0.15, 0.2) is 12.1 Å². The van der Waals surface area contributed by atoms with E-state index in [4.69, 9.17) is 4.74 Å². The number of benzene rings is 1. The molecule has 0 unspecified atom stereocenters. The third-order valence-corrected chi connectivity index (χ3v) is 3.76. The van der Waals surface area contributed by atoms with Gasteiger partial charge < -0.3 is 10.1 Å². The molecule has 5 heteroatoms. The van der Waals surface area contributed by atoms with E-state index in [9.17, 15) is 10.1 Å². The summed E-state index contributed by atoms with van der Waals surface area (Å²) in [5.74, 6) is 0.770. The molecule has 0 spiro atoms. The summed E-state index contributed by atoms with van der Waals surface area (Å²) < 4.78 is 5.94. The van der Waals surface area contributed by atoms with Crippen molar-refractivity contribution in [2.75, 3.05) is 6.54 Å². The molecule has 0 bridgehead atoms. The van der Waals surface area contributed by atoms with Gasteiger partial charge in [-0.1, -0.05) is 6.92 Å². The highest BCUT2D eigenvalue weighted by molar-refractivity contribution is 5.49. The van der Waals surface area contributed by atoms with E-state index in [2.05, 4.69) is 12.2 Å². The number of nitrogens with one attached hydrogen (secondary N) is 1. The quantitative estimate of drug-likeness (QED) is 0.641. The minimum absolute atomic E-state index is 0.158. The van der Waals surface area contributed by atoms with E-state index >= 15 is 0 Å². The fraction of sp³-hybridized carbons (Fsp3) is 0.600. The first kappa shape index (κ1) is 14.8. The summed E-state index contributed by atoms with van der Waals surface area (Å²) in [4.78, 5) is 10.5. The first-order valence-corrected chi connectivity index (χ1v) is 7.17. The molecule has 20 heavy (non-hydrogen) atoms. The Morgan fingerprint density at radius 3 is 2.65 bits per heavy atom. The molecule has 5 nitrogen and oxygen atoms in total. The first-order valence-electron chi connectivity index (χ1n) is 7.17. The molecule has 0 heterocycles. The zero-order valence-corrected chi connectivity index (χ0v) is 12.3. The number of aryl methyl sites for hydroxylation is 2. The van der Waals surface area contributed by atoms with Crippen molar-refractivity contribution in [2.45, 2.75) is 52.2 Å². The molecule has 1 aliphatic carbocycles. The summed E-state index contributed by atoms with van der Waals surface area (Å²) in [6.45, 7) is 6.81. The molecule has 1 fully saturated rings. The summed E-state index contributed by atoms with van der Waals surface area (Å²) in [5, 5.41) is 14.3. The van der Waals surface area contributed by atoms with Crippen LogP contribution in [0.3, 0.4) is 0 Å². The number of nitrogens with zero attached hydrogens (tertiary/aromatic N) is 1.